The number of nitro groups is 1. The van der Waals surface area contributed by atoms with Crippen molar-refractivity contribution in [1.29, 1.82) is 0 Å². The maximum absolute atomic E-state index is 13.9. The summed E-state index contributed by atoms with van der Waals surface area (Å²) >= 11 is 0. The molecular weight excluding hydrogens is 676 g/mol. The number of nitro benzene ring substituents is 1. The van der Waals surface area contributed by atoms with Crippen LogP contribution in [0.4, 0.5) is 11.4 Å². The van der Waals surface area contributed by atoms with E-state index in [4.69, 9.17) is 4.74 Å². The van der Waals surface area contributed by atoms with Crippen LogP contribution in [0.25, 0.3) is 0 Å². The number of unbranched alkanes of at least 4 members (excludes halogenated alkanes) is 1. The maximum atomic E-state index is 13.9. The van der Waals surface area contributed by atoms with Gasteiger partial charge in [0.25, 0.3) is 11.6 Å². The number of allylic oxidation sites excluding steroid dienone is 3. The Labute approximate surface area is 313 Å². The highest BCUT2D eigenvalue weighted by atomic mass is 16.6. The zero-order valence-corrected chi connectivity index (χ0v) is 31.3. The monoisotopic (exact) mass is 734 g/mol. The van der Waals surface area contributed by atoms with Crippen LogP contribution in [0.2, 0.25) is 0 Å². The second-order valence-corrected chi connectivity index (χ2v) is 14.8. The van der Waals surface area contributed by atoms with Gasteiger partial charge in [0, 0.05) is 24.4 Å². The highest BCUT2D eigenvalue weighted by Crippen LogP contribution is 2.39. The standard InChI is InChI=1S/C40H58N6O7/c1-4-5-13-29(2)53-37(47)28-45(35-19-8-9-20-36(35)46(51)52)43-40(50)34(42-39(49)33-23-26-44(3)27-24-33)18-10-11-25-41-38(48)32-17-12-16-31(21-22-32)30-14-6-7-15-30/h4-5,8-9,13,19-20,30-34H,1-2,6-7,10-12,14-18,21-28H2,3H3,(H,41,48)(H,42,49)(H,43,50)/b13-5-. The lowest BCUT2D eigenvalue weighted by molar-refractivity contribution is -0.384. The lowest BCUT2D eigenvalue weighted by Gasteiger charge is -2.30. The number of carbonyl (C=O) groups excluding carboxylic acids is 4. The number of hydrogen-bond donors (Lipinski definition) is 3. The van der Waals surface area contributed by atoms with Crippen molar-refractivity contribution >= 4 is 35.1 Å². The first kappa shape index (κ1) is 41.2. The van der Waals surface area contributed by atoms with Crippen LogP contribution in [0.5, 0.6) is 0 Å². The minimum atomic E-state index is -1.00. The number of ether oxygens (including phenoxy) is 1. The van der Waals surface area contributed by atoms with Crippen LogP contribution in [-0.4, -0.2) is 72.8 Å². The molecule has 3 aliphatic rings. The van der Waals surface area contributed by atoms with Gasteiger partial charge in [0.1, 0.15) is 24.0 Å². The average molecular weight is 735 g/mol. The molecule has 0 spiro atoms. The molecule has 3 N–H and O–H groups in total. The highest BCUT2D eigenvalue weighted by molar-refractivity contribution is 5.90. The van der Waals surface area contributed by atoms with Crippen LogP contribution in [0.1, 0.15) is 89.9 Å². The summed E-state index contributed by atoms with van der Waals surface area (Å²) in [6.07, 6.45) is 17.8. The summed E-state index contributed by atoms with van der Waals surface area (Å²) in [5.74, 6) is -0.240. The second-order valence-electron chi connectivity index (χ2n) is 14.8. The lowest BCUT2D eigenvalue weighted by atomic mass is 9.85. The summed E-state index contributed by atoms with van der Waals surface area (Å²) in [7, 11) is 2.00. The largest absolute Gasteiger partial charge is 0.426 e. The number of nitrogens with one attached hydrogen (secondary N) is 3. The van der Waals surface area contributed by atoms with Gasteiger partial charge in [0.15, 0.2) is 0 Å². The van der Waals surface area contributed by atoms with Gasteiger partial charge < -0.3 is 20.3 Å². The van der Waals surface area contributed by atoms with Crippen LogP contribution in [0, 0.1) is 33.8 Å². The number of hydrogen-bond acceptors (Lipinski definition) is 9. The number of likely N-dealkylation sites (tertiary alicyclic amines) is 1. The van der Waals surface area contributed by atoms with Gasteiger partial charge in [-0.25, -0.2) is 4.79 Å². The molecule has 0 bridgehead atoms. The molecule has 3 atom stereocenters. The molecule has 4 rings (SSSR count). The number of rotatable bonds is 18. The molecule has 290 valence electrons. The number of carbonyl (C=O) groups is 4. The van der Waals surface area contributed by atoms with Gasteiger partial charge in [-0.1, -0.05) is 76.0 Å². The van der Waals surface area contributed by atoms with E-state index >= 15 is 0 Å². The Bertz CT molecular complexity index is 1470. The Morgan fingerprint density at radius 1 is 0.962 bits per heavy atom. The van der Waals surface area contributed by atoms with Gasteiger partial charge in [-0.05, 0) is 95.5 Å². The maximum Gasteiger partial charge on any atom is 0.333 e. The second kappa shape index (κ2) is 21.2. The lowest BCUT2D eigenvalue weighted by Crippen LogP contribution is -2.55. The minimum absolute atomic E-state index is 0.0198. The molecule has 1 heterocycles. The number of amides is 3. The summed E-state index contributed by atoms with van der Waals surface area (Å²) in [4.78, 5) is 66.9. The fraction of sp³-hybridized carbons (Fsp3) is 0.600. The number of nitrogens with zero attached hydrogens (tertiary/aromatic N) is 3. The molecule has 0 aromatic heterocycles. The number of anilines is 1. The number of piperidine rings is 1. The first-order valence-corrected chi connectivity index (χ1v) is 19.3. The smallest absolute Gasteiger partial charge is 0.333 e. The molecule has 13 heteroatoms. The van der Waals surface area contributed by atoms with E-state index in [1.807, 2.05) is 7.05 Å². The quantitative estimate of drug-likeness (QED) is 0.0325. The predicted octanol–water partition coefficient (Wildman–Crippen LogP) is 5.73. The van der Waals surface area contributed by atoms with E-state index in [-0.39, 0.29) is 47.2 Å². The minimum Gasteiger partial charge on any atom is -0.426 e. The van der Waals surface area contributed by atoms with Crippen molar-refractivity contribution in [2.24, 2.45) is 23.7 Å². The molecule has 53 heavy (non-hydrogen) atoms. The molecule has 1 saturated heterocycles. The van der Waals surface area contributed by atoms with Gasteiger partial charge in [-0.3, -0.25) is 34.9 Å². The van der Waals surface area contributed by atoms with Gasteiger partial charge >= 0.3 is 5.97 Å². The summed E-state index contributed by atoms with van der Waals surface area (Å²) in [6, 6.07) is 4.71. The summed E-state index contributed by atoms with van der Waals surface area (Å²) in [6.45, 7) is 8.63. The normalized spacial score (nSPS) is 20.5. The number of hydrazine groups is 1. The van der Waals surface area contributed by atoms with E-state index in [1.165, 1.54) is 68.5 Å². The first-order valence-electron chi connectivity index (χ1n) is 19.3. The van der Waals surface area contributed by atoms with Crippen molar-refractivity contribution in [3.63, 3.8) is 0 Å². The zero-order chi connectivity index (χ0) is 38.2. The van der Waals surface area contributed by atoms with Crippen LogP contribution >= 0.6 is 0 Å². The van der Waals surface area contributed by atoms with Gasteiger partial charge in [-0.15, -0.1) is 0 Å². The third-order valence-corrected chi connectivity index (χ3v) is 11.0. The van der Waals surface area contributed by atoms with Crippen molar-refractivity contribution < 1.29 is 28.8 Å². The van der Waals surface area contributed by atoms with Crippen LogP contribution in [0.15, 0.2) is 61.4 Å². The Morgan fingerprint density at radius 3 is 2.36 bits per heavy atom. The molecule has 1 aliphatic heterocycles. The SMILES string of the molecule is C=C/C=C\C(=C)OC(=O)CN(NC(=O)C(CCCCNC(=O)C1CCCC(C2CCCC2)CC1)NC(=O)C1CCN(C)CC1)c1ccccc1[N+](=O)[O-]. The van der Waals surface area contributed by atoms with E-state index in [0.29, 0.717) is 32.2 Å². The van der Waals surface area contributed by atoms with E-state index in [0.717, 1.165) is 55.6 Å². The third kappa shape index (κ3) is 13.1. The van der Waals surface area contributed by atoms with E-state index in [9.17, 15) is 29.3 Å². The highest BCUT2D eigenvalue weighted by Gasteiger charge is 2.32. The summed E-state index contributed by atoms with van der Waals surface area (Å²) in [5.41, 5.74) is 2.28. The van der Waals surface area contributed by atoms with E-state index in [2.05, 4.69) is 34.1 Å². The average Bonchev–Trinajstić information content (AvgIpc) is 3.57. The molecular formula is C40H58N6O7. The molecule has 2 saturated carbocycles. The molecule has 13 nitrogen and oxygen atoms in total. The Kier molecular flexibility index (Phi) is 16.5. The van der Waals surface area contributed by atoms with E-state index < -0.39 is 29.4 Å². The number of para-hydroxylation sites is 2. The molecule has 0 radical (unpaired) electrons. The van der Waals surface area contributed by atoms with Crippen molar-refractivity contribution in [2.75, 3.05) is 38.2 Å². The number of esters is 1. The predicted molar refractivity (Wildman–Crippen MR) is 204 cm³/mol. The fourth-order valence-corrected chi connectivity index (χ4v) is 7.91. The van der Waals surface area contributed by atoms with Crippen LogP contribution in [-0.2, 0) is 23.9 Å². The first-order chi connectivity index (χ1) is 25.5. The molecule has 2 aliphatic carbocycles. The molecule has 3 amide bonds. The topological polar surface area (TPSA) is 163 Å². The van der Waals surface area contributed by atoms with Crippen LogP contribution < -0.4 is 21.1 Å². The van der Waals surface area contributed by atoms with E-state index in [1.54, 1.807) is 6.07 Å². The Morgan fingerprint density at radius 2 is 1.64 bits per heavy atom. The molecule has 1 aromatic carbocycles. The van der Waals surface area contributed by atoms with Crippen molar-refractivity contribution in [3.05, 3.63) is 71.5 Å². The Hall–Kier alpha value is -4.52. The van der Waals surface area contributed by atoms with Gasteiger partial charge in [-0.2, -0.15) is 0 Å². The summed E-state index contributed by atoms with van der Waals surface area (Å²) in [5, 5.41) is 19.0. The Balaban J connectivity index is 1.39. The van der Waals surface area contributed by atoms with Crippen molar-refractivity contribution in [2.45, 2.75) is 95.9 Å². The number of benzene rings is 1. The zero-order valence-electron chi connectivity index (χ0n) is 31.3. The van der Waals surface area contributed by atoms with Crippen molar-refractivity contribution in [1.82, 2.24) is 21.0 Å². The van der Waals surface area contributed by atoms with Crippen LogP contribution in [0.3, 0.4) is 0 Å². The molecule has 3 unspecified atom stereocenters. The summed E-state index contributed by atoms with van der Waals surface area (Å²) < 4.78 is 5.25. The molecule has 3 fully saturated rings. The van der Waals surface area contributed by atoms with Gasteiger partial charge in [0.05, 0.1) is 4.92 Å². The van der Waals surface area contributed by atoms with Crippen molar-refractivity contribution in [3.8, 4) is 0 Å². The molecule has 1 aromatic rings. The third-order valence-electron chi connectivity index (χ3n) is 11.0. The van der Waals surface area contributed by atoms with Gasteiger partial charge in [0.2, 0.25) is 11.8 Å². The fourth-order valence-electron chi connectivity index (χ4n) is 7.91.